The van der Waals surface area contributed by atoms with Crippen LogP contribution < -0.4 is 11.5 Å². The van der Waals surface area contributed by atoms with E-state index in [-0.39, 0.29) is 0 Å². The van der Waals surface area contributed by atoms with Gasteiger partial charge in [-0.2, -0.15) is 0 Å². The molecule has 0 rings (SSSR count). The summed E-state index contributed by atoms with van der Waals surface area (Å²) in [5.74, 6) is -0.512. The van der Waals surface area contributed by atoms with Crippen molar-refractivity contribution in [3.63, 3.8) is 0 Å². The van der Waals surface area contributed by atoms with Crippen molar-refractivity contribution >= 4 is 5.78 Å². The zero-order chi connectivity index (χ0) is 8.69. The van der Waals surface area contributed by atoms with E-state index in [2.05, 4.69) is 0 Å². The first-order valence-electron chi connectivity index (χ1n) is 3.76. The Bertz CT molecular complexity index is 119. The second-order valence-electron chi connectivity index (χ2n) is 2.49. The molecule has 0 unspecified atom stereocenters. The SMILES string of the molecule is NCCCC[C@H](N)C(=O)CF. The van der Waals surface area contributed by atoms with E-state index in [1.165, 1.54) is 0 Å². The van der Waals surface area contributed by atoms with Crippen LogP contribution in [0, 0.1) is 0 Å². The molecule has 0 aromatic rings. The van der Waals surface area contributed by atoms with Crippen molar-refractivity contribution in [3.8, 4) is 0 Å². The maximum atomic E-state index is 11.7. The molecule has 0 bridgehead atoms. The van der Waals surface area contributed by atoms with Crippen LogP contribution in [0.15, 0.2) is 0 Å². The topological polar surface area (TPSA) is 69.1 Å². The van der Waals surface area contributed by atoms with Gasteiger partial charge in [-0.15, -0.1) is 0 Å². The number of Topliss-reactive ketones (excluding diaryl/α,β-unsaturated/α-hetero) is 1. The predicted octanol–water partition coefficient (Wildman–Crippen LogP) is -0.0187. The number of nitrogens with two attached hydrogens (primary N) is 2. The van der Waals surface area contributed by atoms with E-state index in [0.29, 0.717) is 13.0 Å². The van der Waals surface area contributed by atoms with E-state index in [1.807, 2.05) is 0 Å². The van der Waals surface area contributed by atoms with Crippen LogP contribution in [0.1, 0.15) is 19.3 Å². The van der Waals surface area contributed by atoms with E-state index in [0.717, 1.165) is 12.8 Å². The quantitative estimate of drug-likeness (QED) is 0.539. The van der Waals surface area contributed by atoms with Gasteiger partial charge in [-0.3, -0.25) is 4.79 Å². The molecule has 0 aliphatic heterocycles. The number of carbonyl (C=O) groups excluding carboxylic acids is 1. The van der Waals surface area contributed by atoms with Crippen LogP contribution in [0.25, 0.3) is 0 Å². The molecule has 0 fully saturated rings. The standard InChI is InChI=1S/C7H15FN2O/c8-5-7(11)6(10)3-1-2-4-9/h6H,1-5,9-10H2/t6-/m0/s1. The van der Waals surface area contributed by atoms with Crippen molar-refractivity contribution in [3.05, 3.63) is 0 Å². The summed E-state index contributed by atoms with van der Waals surface area (Å²) in [6.07, 6.45) is 2.18. The second-order valence-corrected chi connectivity index (χ2v) is 2.49. The van der Waals surface area contributed by atoms with Crippen LogP contribution in [0.3, 0.4) is 0 Å². The zero-order valence-corrected chi connectivity index (χ0v) is 6.55. The molecule has 0 aliphatic rings. The summed E-state index contributed by atoms with van der Waals surface area (Å²) in [5, 5.41) is 0. The molecular formula is C7H15FN2O. The van der Waals surface area contributed by atoms with Crippen LogP contribution in [0.5, 0.6) is 0 Å². The van der Waals surface area contributed by atoms with Crippen molar-refractivity contribution in [2.45, 2.75) is 25.3 Å². The number of carbonyl (C=O) groups is 1. The van der Waals surface area contributed by atoms with Crippen LogP contribution in [0.2, 0.25) is 0 Å². The van der Waals surface area contributed by atoms with Gasteiger partial charge in [0, 0.05) is 0 Å². The van der Waals surface area contributed by atoms with Gasteiger partial charge in [0.15, 0.2) is 5.78 Å². The van der Waals surface area contributed by atoms with E-state index in [9.17, 15) is 9.18 Å². The maximum absolute atomic E-state index is 11.7. The number of halogens is 1. The highest BCUT2D eigenvalue weighted by molar-refractivity contribution is 5.84. The highest BCUT2D eigenvalue weighted by atomic mass is 19.1. The molecule has 11 heavy (non-hydrogen) atoms. The summed E-state index contributed by atoms with van der Waals surface area (Å²) >= 11 is 0. The van der Waals surface area contributed by atoms with E-state index >= 15 is 0 Å². The van der Waals surface area contributed by atoms with Crippen LogP contribution >= 0.6 is 0 Å². The van der Waals surface area contributed by atoms with Crippen LogP contribution in [0.4, 0.5) is 4.39 Å². The number of hydrogen-bond acceptors (Lipinski definition) is 3. The summed E-state index contributed by atoms with van der Waals surface area (Å²) in [6, 6.07) is -0.633. The monoisotopic (exact) mass is 162 g/mol. The lowest BCUT2D eigenvalue weighted by Gasteiger charge is -2.06. The molecule has 0 aromatic heterocycles. The number of alkyl halides is 1. The van der Waals surface area contributed by atoms with Crippen LogP contribution in [-0.2, 0) is 4.79 Å². The van der Waals surface area contributed by atoms with E-state index in [4.69, 9.17) is 11.5 Å². The first-order chi connectivity index (χ1) is 5.22. The maximum Gasteiger partial charge on any atom is 0.180 e. The lowest BCUT2D eigenvalue weighted by molar-refractivity contribution is -0.121. The lowest BCUT2D eigenvalue weighted by Crippen LogP contribution is -2.31. The average Bonchev–Trinajstić information content (AvgIpc) is 2.03. The summed E-state index contributed by atoms with van der Waals surface area (Å²) in [4.78, 5) is 10.6. The number of unbranched alkanes of at least 4 members (excludes halogenated alkanes) is 1. The average molecular weight is 162 g/mol. The Balaban J connectivity index is 3.36. The van der Waals surface area contributed by atoms with Gasteiger partial charge in [-0.05, 0) is 19.4 Å². The lowest BCUT2D eigenvalue weighted by atomic mass is 10.1. The van der Waals surface area contributed by atoms with Gasteiger partial charge < -0.3 is 11.5 Å². The smallest absolute Gasteiger partial charge is 0.180 e. The Kier molecular flexibility index (Phi) is 5.97. The fourth-order valence-electron chi connectivity index (χ4n) is 0.769. The first-order valence-corrected chi connectivity index (χ1v) is 3.76. The summed E-state index contributed by atoms with van der Waals surface area (Å²) < 4.78 is 11.7. The van der Waals surface area contributed by atoms with Gasteiger partial charge in [0.25, 0.3) is 0 Å². The van der Waals surface area contributed by atoms with Gasteiger partial charge in [-0.25, -0.2) is 4.39 Å². The molecule has 0 radical (unpaired) electrons. The van der Waals surface area contributed by atoms with Gasteiger partial charge in [0.1, 0.15) is 6.67 Å². The Labute approximate surface area is 65.9 Å². The van der Waals surface area contributed by atoms with Crippen molar-refractivity contribution in [1.29, 1.82) is 0 Å². The third kappa shape index (κ3) is 4.86. The van der Waals surface area contributed by atoms with E-state index in [1.54, 1.807) is 0 Å². The van der Waals surface area contributed by atoms with Gasteiger partial charge in [0.05, 0.1) is 6.04 Å². The van der Waals surface area contributed by atoms with Crippen molar-refractivity contribution in [2.75, 3.05) is 13.2 Å². The van der Waals surface area contributed by atoms with Gasteiger partial charge in [-0.1, -0.05) is 6.42 Å². The minimum absolute atomic E-state index is 0.512. The fourth-order valence-corrected chi connectivity index (χ4v) is 0.769. The number of hydrogen-bond donors (Lipinski definition) is 2. The fraction of sp³-hybridized carbons (Fsp3) is 0.857. The van der Waals surface area contributed by atoms with E-state index < -0.39 is 18.5 Å². The van der Waals surface area contributed by atoms with Crippen molar-refractivity contribution in [2.24, 2.45) is 11.5 Å². The number of rotatable bonds is 6. The minimum Gasteiger partial charge on any atom is -0.330 e. The summed E-state index contributed by atoms with van der Waals surface area (Å²) in [5.41, 5.74) is 10.6. The Morgan fingerprint density at radius 1 is 1.45 bits per heavy atom. The molecule has 0 saturated heterocycles. The third-order valence-corrected chi connectivity index (χ3v) is 1.51. The molecule has 66 valence electrons. The first kappa shape index (κ1) is 10.5. The Morgan fingerprint density at radius 2 is 2.09 bits per heavy atom. The molecule has 0 aliphatic carbocycles. The molecule has 4 N–H and O–H groups in total. The third-order valence-electron chi connectivity index (χ3n) is 1.51. The summed E-state index contributed by atoms with van der Waals surface area (Å²) in [6.45, 7) is -0.361. The molecule has 4 heteroatoms. The van der Waals surface area contributed by atoms with Gasteiger partial charge >= 0.3 is 0 Å². The van der Waals surface area contributed by atoms with Crippen molar-refractivity contribution in [1.82, 2.24) is 0 Å². The zero-order valence-electron chi connectivity index (χ0n) is 6.55. The second kappa shape index (κ2) is 6.24. The highest BCUT2D eigenvalue weighted by Crippen LogP contribution is 1.98. The molecule has 3 nitrogen and oxygen atoms in total. The highest BCUT2D eigenvalue weighted by Gasteiger charge is 2.11. The largest absolute Gasteiger partial charge is 0.330 e. The normalized spacial score (nSPS) is 13.0. The molecular weight excluding hydrogens is 147 g/mol. The molecule has 1 atom stereocenters. The summed E-state index contributed by atoms with van der Waals surface area (Å²) in [7, 11) is 0. The van der Waals surface area contributed by atoms with Crippen LogP contribution in [-0.4, -0.2) is 25.0 Å². The Hall–Kier alpha value is -0.480. The molecule has 0 spiro atoms. The molecule has 0 amide bonds. The van der Waals surface area contributed by atoms with Crippen molar-refractivity contribution < 1.29 is 9.18 Å². The molecule has 0 aromatic carbocycles. The molecule has 0 saturated carbocycles. The Morgan fingerprint density at radius 3 is 2.55 bits per heavy atom. The van der Waals surface area contributed by atoms with Gasteiger partial charge in [0.2, 0.25) is 0 Å². The molecule has 0 heterocycles. The minimum atomic E-state index is -0.955. The number of ketones is 1. The predicted molar refractivity (Wildman–Crippen MR) is 41.9 cm³/mol.